The van der Waals surface area contributed by atoms with Crippen LogP contribution in [0.5, 0.6) is 0 Å². The van der Waals surface area contributed by atoms with Gasteiger partial charge in [0.25, 0.3) is 0 Å². The zero-order valence-corrected chi connectivity index (χ0v) is 13.0. The Morgan fingerprint density at radius 1 is 1.04 bits per heavy atom. The quantitative estimate of drug-likeness (QED) is 0.583. The molecule has 0 aliphatic rings. The SMILES string of the molecule is CNc1nnc(-c2ccc3occ(-c4ccccc4Cl)c3c2)o1. The van der Waals surface area contributed by atoms with Crippen molar-refractivity contribution >= 4 is 28.6 Å². The highest BCUT2D eigenvalue weighted by Crippen LogP contribution is 2.36. The van der Waals surface area contributed by atoms with E-state index < -0.39 is 0 Å². The Bertz CT molecular complexity index is 990. The molecule has 114 valence electrons. The molecule has 0 saturated carbocycles. The second kappa shape index (κ2) is 5.44. The van der Waals surface area contributed by atoms with Crippen LogP contribution < -0.4 is 5.32 Å². The highest BCUT2D eigenvalue weighted by atomic mass is 35.5. The molecule has 0 unspecified atom stereocenters. The van der Waals surface area contributed by atoms with E-state index in [0.29, 0.717) is 16.9 Å². The van der Waals surface area contributed by atoms with E-state index in [4.69, 9.17) is 20.4 Å². The lowest BCUT2D eigenvalue weighted by atomic mass is 10.0. The Morgan fingerprint density at radius 3 is 2.70 bits per heavy atom. The fourth-order valence-electron chi connectivity index (χ4n) is 2.49. The average Bonchev–Trinajstić information content (AvgIpc) is 3.21. The van der Waals surface area contributed by atoms with Crippen LogP contribution in [-0.4, -0.2) is 17.2 Å². The van der Waals surface area contributed by atoms with Gasteiger partial charge in [0, 0.05) is 34.1 Å². The molecule has 2 aromatic heterocycles. The molecule has 4 aromatic rings. The molecule has 23 heavy (non-hydrogen) atoms. The van der Waals surface area contributed by atoms with E-state index in [1.54, 1.807) is 13.3 Å². The monoisotopic (exact) mass is 325 g/mol. The van der Waals surface area contributed by atoms with Crippen molar-refractivity contribution in [3.8, 4) is 22.6 Å². The van der Waals surface area contributed by atoms with Crippen LogP contribution in [0.1, 0.15) is 0 Å². The molecule has 1 N–H and O–H groups in total. The predicted octanol–water partition coefficient (Wildman–Crippen LogP) is 4.84. The summed E-state index contributed by atoms with van der Waals surface area (Å²) in [5.74, 6) is 0.447. The van der Waals surface area contributed by atoms with Gasteiger partial charge in [0.05, 0.1) is 6.26 Å². The van der Waals surface area contributed by atoms with Crippen molar-refractivity contribution in [2.45, 2.75) is 0 Å². The van der Waals surface area contributed by atoms with Crippen LogP contribution in [0, 0.1) is 0 Å². The molecule has 0 spiro atoms. The molecule has 0 amide bonds. The first-order chi connectivity index (χ1) is 11.3. The van der Waals surface area contributed by atoms with Crippen molar-refractivity contribution in [1.82, 2.24) is 10.2 Å². The number of nitrogens with one attached hydrogen (secondary N) is 1. The van der Waals surface area contributed by atoms with Crippen molar-refractivity contribution < 1.29 is 8.83 Å². The summed E-state index contributed by atoms with van der Waals surface area (Å²) in [5, 5.41) is 12.4. The van der Waals surface area contributed by atoms with Gasteiger partial charge >= 0.3 is 6.01 Å². The number of nitrogens with zero attached hydrogens (tertiary/aromatic N) is 2. The number of benzene rings is 2. The fourth-order valence-corrected chi connectivity index (χ4v) is 2.73. The van der Waals surface area contributed by atoms with Gasteiger partial charge in [-0.25, -0.2) is 0 Å². The van der Waals surface area contributed by atoms with E-state index in [1.807, 2.05) is 42.5 Å². The van der Waals surface area contributed by atoms with Gasteiger partial charge in [-0.2, -0.15) is 0 Å². The Hall–Kier alpha value is -2.79. The number of hydrogen-bond donors (Lipinski definition) is 1. The third-order valence-electron chi connectivity index (χ3n) is 3.62. The summed E-state index contributed by atoms with van der Waals surface area (Å²) < 4.78 is 11.2. The van der Waals surface area contributed by atoms with Gasteiger partial charge < -0.3 is 14.2 Å². The predicted molar refractivity (Wildman–Crippen MR) is 89.5 cm³/mol. The summed E-state index contributed by atoms with van der Waals surface area (Å²) in [5.41, 5.74) is 3.45. The molecule has 2 heterocycles. The highest BCUT2D eigenvalue weighted by molar-refractivity contribution is 6.33. The van der Waals surface area contributed by atoms with Crippen LogP contribution in [-0.2, 0) is 0 Å². The number of fused-ring (bicyclic) bond motifs is 1. The number of halogens is 1. The highest BCUT2D eigenvalue weighted by Gasteiger charge is 2.14. The first kappa shape index (κ1) is 13.8. The van der Waals surface area contributed by atoms with Gasteiger partial charge in [0.1, 0.15) is 5.58 Å². The second-order valence-electron chi connectivity index (χ2n) is 5.00. The first-order valence-corrected chi connectivity index (χ1v) is 7.42. The maximum Gasteiger partial charge on any atom is 0.315 e. The minimum Gasteiger partial charge on any atom is -0.464 e. The topological polar surface area (TPSA) is 64.1 Å². The Kier molecular flexibility index (Phi) is 3.28. The fraction of sp³-hybridized carbons (Fsp3) is 0.0588. The number of aromatic nitrogens is 2. The molecule has 0 saturated heterocycles. The number of hydrogen-bond acceptors (Lipinski definition) is 5. The lowest BCUT2D eigenvalue weighted by molar-refractivity contribution is 0.585. The molecule has 4 rings (SSSR count). The van der Waals surface area contributed by atoms with E-state index in [9.17, 15) is 0 Å². The number of furan rings is 1. The van der Waals surface area contributed by atoms with Crippen molar-refractivity contribution in [2.24, 2.45) is 0 Å². The van der Waals surface area contributed by atoms with Crippen molar-refractivity contribution in [2.75, 3.05) is 12.4 Å². The maximum absolute atomic E-state index is 6.30. The first-order valence-electron chi connectivity index (χ1n) is 7.04. The zero-order valence-electron chi connectivity index (χ0n) is 12.2. The number of rotatable bonds is 3. The van der Waals surface area contributed by atoms with Crippen LogP contribution in [0.4, 0.5) is 6.01 Å². The largest absolute Gasteiger partial charge is 0.464 e. The van der Waals surface area contributed by atoms with Crippen molar-refractivity contribution in [3.05, 3.63) is 53.8 Å². The molecule has 0 aliphatic heterocycles. The minimum absolute atomic E-state index is 0.374. The van der Waals surface area contributed by atoms with Gasteiger partial charge in [0.15, 0.2) is 0 Å². The molecule has 0 atom stereocenters. The van der Waals surface area contributed by atoms with Crippen LogP contribution >= 0.6 is 11.6 Å². The van der Waals surface area contributed by atoms with E-state index >= 15 is 0 Å². The van der Waals surface area contributed by atoms with Gasteiger partial charge in [0.2, 0.25) is 5.89 Å². The summed E-state index contributed by atoms with van der Waals surface area (Å²) in [6, 6.07) is 13.8. The molecule has 0 bridgehead atoms. The standard InChI is InChI=1S/C17H12ClN3O2/c1-19-17-21-20-16(23-17)10-6-7-15-12(8-10)13(9-22-15)11-4-2-3-5-14(11)18/h2-9H,1H3,(H,19,21). The third-order valence-corrected chi connectivity index (χ3v) is 3.95. The molecular formula is C17H12ClN3O2. The maximum atomic E-state index is 6.30. The van der Waals surface area contributed by atoms with Crippen LogP contribution in [0.3, 0.4) is 0 Å². The normalized spacial score (nSPS) is 11.0. The summed E-state index contributed by atoms with van der Waals surface area (Å²) in [6.07, 6.45) is 1.71. The van der Waals surface area contributed by atoms with Crippen molar-refractivity contribution in [3.63, 3.8) is 0 Å². The Morgan fingerprint density at radius 2 is 1.91 bits per heavy atom. The average molecular weight is 326 g/mol. The smallest absolute Gasteiger partial charge is 0.315 e. The van der Waals surface area contributed by atoms with Gasteiger partial charge in [-0.3, -0.25) is 0 Å². The lowest BCUT2D eigenvalue weighted by Crippen LogP contribution is -1.85. The van der Waals surface area contributed by atoms with Gasteiger partial charge in [-0.15, -0.1) is 5.10 Å². The van der Waals surface area contributed by atoms with Crippen LogP contribution in [0.25, 0.3) is 33.6 Å². The summed E-state index contributed by atoms with van der Waals surface area (Å²) in [4.78, 5) is 0. The molecule has 0 radical (unpaired) electrons. The summed E-state index contributed by atoms with van der Waals surface area (Å²) in [6.45, 7) is 0. The van der Waals surface area contributed by atoms with Crippen LogP contribution in [0.2, 0.25) is 5.02 Å². The zero-order chi connectivity index (χ0) is 15.8. The summed E-state index contributed by atoms with van der Waals surface area (Å²) >= 11 is 6.30. The van der Waals surface area contributed by atoms with E-state index in [0.717, 1.165) is 27.7 Å². The van der Waals surface area contributed by atoms with E-state index in [2.05, 4.69) is 15.5 Å². The van der Waals surface area contributed by atoms with Crippen molar-refractivity contribution in [1.29, 1.82) is 0 Å². The minimum atomic E-state index is 0.374. The van der Waals surface area contributed by atoms with Crippen LogP contribution in [0.15, 0.2) is 57.6 Å². The van der Waals surface area contributed by atoms with E-state index in [1.165, 1.54) is 0 Å². The molecule has 5 nitrogen and oxygen atoms in total. The van der Waals surface area contributed by atoms with Gasteiger partial charge in [-0.1, -0.05) is 34.9 Å². The molecule has 2 aromatic carbocycles. The Labute approximate surface area is 136 Å². The lowest BCUT2D eigenvalue weighted by Gasteiger charge is -2.02. The molecular weight excluding hydrogens is 314 g/mol. The Balaban J connectivity index is 1.88. The number of anilines is 1. The van der Waals surface area contributed by atoms with E-state index in [-0.39, 0.29) is 0 Å². The molecule has 6 heteroatoms. The molecule has 0 aliphatic carbocycles. The second-order valence-corrected chi connectivity index (χ2v) is 5.41. The van der Waals surface area contributed by atoms with Gasteiger partial charge in [-0.05, 0) is 24.3 Å². The third kappa shape index (κ3) is 2.35. The molecule has 0 fully saturated rings. The summed E-state index contributed by atoms with van der Waals surface area (Å²) in [7, 11) is 1.73.